The summed E-state index contributed by atoms with van der Waals surface area (Å²) >= 11 is 0. The van der Waals surface area contributed by atoms with Crippen molar-refractivity contribution in [3.8, 4) is 0 Å². The van der Waals surface area contributed by atoms with Crippen LogP contribution in [-0.4, -0.2) is 48.6 Å². The van der Waals surface area contributed by atoms with Crippen LogP contribution in [0.1, 0.15) is 52.9 Å². The molecule has 2 rings (SSSR count). The second-order valence-electron chi connectivity index (χ2n) is 6.56. The van der Waals surface area contributed by atoms with Gasteiger partial charge in [0.15, 0.2) is 0 Å². The molecule has 2 saturated heterocycles. The molecule has 1 amide bonds. The summed E-state index contributed by atoms with van der Waals surface area (Å²) in [6.45, 7) is 9.82. The van der Waals surface area contributed by atoms with Gasteiger partial charge in [0.2, 0.25) is 5.91 Å². The van der Waals surface area contributed by atoms with Crippen molar-refractivity contribution in [2.75, 3.05) is 19.6 Å². The zero-order valence-electron chi connectivity index (χ0n) is 13.3. The maximum atomic E-state index is 12.6. The molecule has 2 aliphatic rings. The van der Waals surface area contributed by atoms with Gasteiger partial charge in [-0.25, -0.2) is 0 Å². The van der Waals surface area contributed by atoms with Gasteiger partial charge in [-0.2, -0.15) is 0 Å². The number of carbonyl (C=O) groups excluding carboxylic acids is 1. The molecule has 3 unspecified atom stereocenters. The van der Waals surface area contributed by atoms with E-state index in [1.165, 1.54) is 19.3 Å². The fraction of sp³-hybridized carbons (Fsp3) is 0.938. The summed E-state index contributed by atoms with van der Waals surface area (Å²) in [6, 6.07) is 1.00. The summed E-state index contributed by atoms with van der Waals surface area (Å²) in [5.41, 5.74) is 0. The normalized spacial score (nSPS) is 28.2. The van der Waals surface area contributed by atoms with Crippen LogP contribution in [0.15, 0.2) is 0 Å². The topological polar surface area (TPSA) is 44.4 Å². The average molecular weight is 281 g/mol. The highest BCUT2D eigenvalue weighted by Crippen LogP contribution is 2.24. The Kier molecular flexibility index (Phi) is 5.85. The molecule has 0 aromatic rings. The lowest BCUT2D eigenvalue weighted by atomic mass is 10.00. The van der Waals surface area contributed by atoms with Gasteiger partial charge in [0, 0.05) is 12.1 Å². The molecule has 3 atom stereocenters. The second-order valence-corrected chi connectivity index (χ2v) is 6.56. The SMILES string of the molecule is CCC(C)C(C)NC(=O)C1CCCN1C1CCNCC1. The number of hydrogen-bond acceptors (Lipinski definition) is 3. The molecule has 2 aliphatic heterocycles. The minimum atomic E-state index is 0.115. The molecule has 4 nitrogen and oxygen atoms in total. The van der Waals surface area contributed by atoms with Crippen molar-refractivity contribution in [1.29, 1.82) is 0 Å². The molecule has 2 fully saturated rings. The fourth-order valence-electron chi connectivity index (χ4n) is 3.46. The molecule has 20 heavy (non-hydrogen) atoms. The van der Waals surface area contributed by atoms with Crippen LogP contribution in [0.3, 0.4) is 0 Å². The van der Waals surface area contributed by atoms with E-state index in [0.29, 0.717) is 12.0 Å². The van der Waals surface area contributed by atoms with Gasteiger partial charge < -0.3 is 10.6 Å². The summed E-state index contributed by atoms with van der Waals surface area (Å²) < 4.78 is 0. The minimum Gasteiger partial charge on any atom is -0.352 e. The second kappa shape index (κ2) is 7.41. The van der Waals surface area contributed by atoms with Crippen LogP contribution in [0, 0.1) is 5.92 Å². The zero-order valence-corrected chi connectivity index (χ0v) is 13.3. The first-order chi connectivity index (χ1) is 9.63. The van der Waals surface area contributed by atoms with Gasteiger partial charge in [0.05, 0.1) is 6.04 Å². The molecule has 0 aromatic carbocycles. The Morgan fingerprint density at radius 2 is 2.00 bits per heavy atom. The molecule has 2 N–H and O–H groups in total. The van der Waals surface area contributed by atoms with Gasteiger partial charge in [-0.05, 0) is 58.2 Å². The predicted molar refractivity (Wildman–Crippen MR) is 82.7 cm³/mol. The summed E-state index contributed by atoms with van der Waals surface area (Å²) in [5.74, 6) is 0.807. The van der Waals surface area contributed by atoms with Crippen LogP contribution in [0.25, 0.3) is 0 Å². The van der Waals surface area contributed by atoms with Crippen LogP contribution in [0.4, 0.5) is 0 Å². The smallest absolute Gasteiger partial charge is 0.237 e. The van der Waals surface area contributed by atoms with E-state index < -0.39 is 0 Å². The first kappa shape index (κ1) is 15.8. The Hall–Kier alpha value is -0.610. The van der Waals surface area contributed by atoms with E-state index >= 15 is 0 Å². The van der Waals surface area contributed by atoms with Crippen LogP contribution < -0.4 is 10.6 Å². The Morgan fingerprint density at radius 1 is 1.30 bits per heavy atom. The van der Waals surface area contributed by atoms with Crippen molar-refractivity contribution in [2.45, 2.75) is 71.0 Å². The molecule has 0 aliphatic carbocycles. The number of nitrogens with zero attached hydrogens (tertiary/aromatic N) is 1. The first-order valence-electron chi connectivity index (χ1n) is 8.40. The maximum Gasteiger partial charge on any atom is 0.237 e. The van der Waals surface area contributed by atoms with Crippen LogP contribution in [0.5, 0.6) is 0 Å². The highest BCUT2D eigenvalue weighted by molar-refractivity contribution is 5.82. The van der Waals surface area contributed by atoms with Crippen molar-refractivity contribution >= 4 is 5.91 Å². The molecule has 0 saturated carbocycles. The van der Waals surface area contributed by atoms with E-state index in [0.717, 1.165) is 32.5 Å². The van der Waals surface area contributed by atoms with E-state index in [9.17, 15) is 4.79 Å². The lowest BCUT2D eigenvalue weighted by molar-refractivity contribution is -0.127. The molecule has 0 spiro atoms. The molecule has 0 aromatic heterocycles. The maximum absolute atomic E-state index is 12.6. The van der Waals surface area contributed by atoms with Crippen molar-refractivity contribution in [1.82, 2.24) is 15.5 Å². The summed E-state index contributed by atoms with van der Waals surface area (Å²) in [4.78, 5) is 15.0. The van der Waals surface area contributed by atoms with Crippen molar-refractivity contribution in [2.24, 2.45) is 5.92 Å². The van der Waals surface area contributed by atoms with Crippen molar-refractivity contribution in [3.05, 3.63) is 0 Å². The third-order valence-corrected chi connectivity index (χ3v) is 5.24. The largest absolute Gasteiger partial charge is 0.352 e. The number of piperidine rings is 1. The van der Waals surface area contributed by atoms with E-state index in [2.05, 4.69) is 36.3 Å². The summed E-state index contributed by atoms with van der Waals surface area (Å²) in [5, 5.41) is 6.66. The average Bonchev–Trinajstić information content (AvgIpc) is 2.96. The van der Waals surface area contributed by atoms with E-state index in [1.54, 1.807) is 0 Å². The molecule has 0 bridgehead atoms. The van der Waals surface area contributed by atoms with Gasteiger partial charge in [-0.1, -0.05) is 20.3 Å². The Balaban J connectivity index is 1.90. The monoisotopic (exact) mass is 281 g/mol. The lowest BCUT2D eigenvalue weighted by Gasteiger charge is -2.35. The molecular weight excluding hydrogens is 250 g/mol. The highest BCUT2D eigenvalue weighted by Gasteiger charge is 2.36. The fourth-order valence-corrected chi connectivity index (χ4v) is 3.46. The highest BCUT2D eigenvalue weighted by atomic mass is 16.2. The standard InChI is InChI=1S/C16H31N3O/c1-4-12(2)13(3)18-16(20)15-6-5-11-19(15)14-7-9-17-10-8-14/h12-15,17H,4-11H2,1-3H3,(H,18,20). The quantitative estimate of drug-likeness (QED) is 0.807. The number of carbonyl (C=O) groups is 1. The number of nitrogens with one attached hydrogen (secondary N) is 2. The molecule has 116 valence electrons. The number of hydrogen-bond donors (Lipinski definition) is 2. The van der Waals surface area contributed by atoms with Crippen molar-refractivity contribution in [3.63, 3.8) is 0 Å². The molecule has 0 radical (unpaired) electrons. The van der Waals surface area contributed by atoms with Gasteiger partial charge in [0.25, 0.3) is 0 Å². The van der Waals surface area contributed by atoms with Gasteiger partial charge >= 0.3 is 0 Å². The zero-order chi connectivity index (χ0) is 14.5. The Morgan fingerprint density at radius 3 is 2.65 bits per heavy atom. The third kappa shape index (κ3) is 3.73. The first-order valence-corrected chi connectivity index (χ1v) is 8.40. The molecular formula is C16H31N3O. The Bertz CT molecular complexity index is 315. The number of likely N-dealkylation sites (tertiary alicyclic amines) is 1. The Labute approximate surface area is 123 Å². The number of amides is 1. The van der Waals surface area contributed by atoms with Gasteiger partial charge in [-0.3, -0.25) is 9.69 Å². The van der Waals surface area contributed by atoms with Crippen LogP contribution in [-0.2, 0) is 4.79 Å². The van der Waals surface area contributed by atoms with E-state index in [4.69, 9.17) is 0 Å². The van der Waals surface area contributed by atoms with E-state index in [1.807, 2.05) is 0 Å². The minimum absolute atomic E-state index is 0.115. The van der Waals surface area contributed by atoms with Crippen molar-refractivity contribution < 1.29 is 4.79 Å². The van der Waals surface area contributed by atoms with Gasteiger partial charge in [-0.15, -0.1) is 0 Å². The van der Waals surface area contributed by atoms with Crippen LogP contribution >= 0.6 is 0 Å². The molecule has 2 heterocycles. The molecule has 4 heteroatoms. The lowest BCUT2D eigenvalue weighted by Crippen LogP contribution is -2.52. The summed E-state index contributed by atoms with van der Waals surface area (Å²) in [6.07, 6.45) is 5.68. The third-order valence-electron chi connectivity index (χ3n) is 5.24. The predicted octanol–water partition coefficient (Wildman–Crippen LogP) is 1.75. The van der Waals surface area contributed by atoms with E-state index in [-0.39, 0.29) is 18.0 Å². The van der Waals surface area contributed by atoms with Gasteiger partial charge in [0.1, 0.15) is 0 Å². The number of rotatable bonds is 5. The van der Waals surface area contributed by atoms with Crippen LogP contribution in [0.2, 0.25) is 0 Å². The summed E-state index contributed by atoms with van der Waals surface area (Å²) in [7, 11) is 0.